The van der Waals surface area contributed by atoms with E-state index >= 15 is 0 Å². The number of carbonyl (C=O) groups excluding carboxylic acids is 1. The van der Waals surface area contributed by atoms with Crippen molar-refractivity contribution in [2.24, 2.45) is 0 Å². The van der Waals surface area contributed by atoms with Crippen LogP contribution < -0.4 is 15.4 Å². The predicted molar refractivity (Wildman–Crippen MR) is 69.4 cm³/mol. The molecule has 4 heteroatoms. The lowest BCUT2D eigenvalue weighted by atomic mass is 10.2. The van der Waals surface area contributed by atoms with Gasteiger partial charge >= 0.3 is 0 Å². The van der Waals surface area contributed by atoms with Crippen molar-refractivity contribution in [3.05, 3.63) is 24.3 Å². The largest absolute Gasteiger partial charge is 0.491 e. The number of nitrogens with one attached hydrogen (secondary N) is 2. The Bertz CT molecular complexity index is 353. The summed E-state index contributed by atoms with van der Waals surface area (Å²) in [5, 5.41) is 5.79. The number of amides is 1. The van der Waals surface area contributed by atoms with E-state index in [-0.39, 0.29) is 5.91 Å². The SMILES string of the molecule is CCCOc1ccccc1NC(=O)CCNC. The third-order valence-electron chi connectivity index (χ3n) is 2.22. The summed E-state index contributed by atoms with van der Waals surface area (Å²) in [5.41, 5.74) is 0.738. The molecular formula is C13H20N2O2. The van der Waals surface area contributed by atoms with Crippen LogP contribution >= 0.6 is 0 Å². The quantitative estimate of drug-likeness (QED) is 0.761. The fourth-order valence-electron chi connectivity index (χ4n) is 1.36. The van der Waals surface area contributed by atoms with E-state index in [0.29, 0.717) is 19.6 Å². The zero-order valence-corrected chi connectivity index (χ0v) is 10.5. The first-order valence-electron chi connectivity index (χ1n) is 5.94. The van der Waals surface area contributed by atoms with Crippen molar-refractivity contribution in [2.45, 2.75) is 19.8 Å². The first kappa shape index (κ1) is 13.5. The molecule has 1 aromatic rings. The zero-order chi connectivity index (χ0) is 12.5. The van der Waals surface area contributed by atoms with Crippen LogP contribution in [0.1, 0.15) is 19.8 Å². The van der Waals surface area contributed by atoms with E-state index in [1.54, 1.807) is 0 Å². The van der Waals surface area contributed by atoms with Gasteiger partial charge in [-0.2, -0.15) is 0 Å². The number of para-hydroxylation sites is 2. The number of carbonyl (C=O) groups is 1. The fourth-order valence-corrected chi connectivity index (χ4v) is 1.36. The lowest BCUT2D eigenvalue weighted by molar-refractivity contribution is -0.116. The standard InChI is InChI=1S/C13H20N2O2/c1-3-10-17-12-7-5-4-6-11(12)15-13(16)8-9-14-2/h4-7,14H,3,8-10H2,1-2H3,(H,15,16). The summed E-state index contributed by atoms with van der Waals surface area (Å²) >= 11 is 0. The Hall–Kier alpha value is -1.55. The Morgan fingerprint density at radius 3 is 2.82 bits per heavy atom. The lowest BCUT2D eigenvalue weighted by Gasteiger charge is -2.11. The van der Waals surface area contributed by atoms with Crippen LogP contribution in [0.4, 0.5) is 5.69 Å². The number of rotatable bonds is 7. The summed E-state index contributed by atoms with van der Waals surface area (Å²) in [7, 11) is 1.82. The van der Waals surface area contributed by atoms with Crippen LogP contribution in [0, 0.1) is 0 Å². The molecule has 0 bridgehead atoms. The zero-order valence-electron chi connectivity index (χ0n) is 10.5. The molecule has 0 aliphatic carbocycles. The Morgan fingerprint density at radius 1 is 1.35 bits per heavy atom. The molecular weight excluding hydrogens is 216 g/mol. The molecule has 4 nitrogen and oxygen atoms in total. The van der Waals surface area contributed by atoms with Crippen molar-refractivity contribution in [3.63, 3.8) is 0 Å². The van der Waals surface area contributed by atoms with E-state index in [0.717, 1.165) is 17.9 Å². The molecule has 0 saturated heterocycles. The second kappa shape index (κ2) is 7.68. The van der Waals surface area contributed by atoms with Crippen LogP contribution in [-0.4, -0.2) is 26.1 Å². The van der Waals surface area contributed by atoms with Gasteiger partial charge in [0.2, 0.25) is 5.91 Å². The van der Waals surface area contributed by atoms with Crippen LogP contribution in [0.25, 0.3) is 0 Å². The minimum Gasteiger partial charge on any atom is -0.491 e. The molecule has 94 valence electrons. The highest BCUT2D eigenvalue weighted by molar-refractivity contribution is 5.92. The van der Waals surface area contributed by atoms with Crippen molar-refractivity contribution >= 4 is 11.6 Å². The van der Waals surface area contributed by atoms with Gasteiger partial charge in [0.25, 0.3) is 0 Å². The lowest BCUT2D eigenvalue weighted by Crippen LogP contribution is -2.19. The first-order valence-corrected chi connectivity index (χ1v) is 5.94. The van der Waals surface area contributed by atoms with Crippen LogP contribution in [0.3, 0.4) is 0 Å². The summed E-state index contributed by atoms with van der Waals surface area (Å²) in [6, 6.07) is 7.49. The summed E-state index contributed by atoms with van der Waals surface area (Å²) in [6.07, 6.45) is 1.40. The minimum absolute atomic E-state index is 0.00750. The summed E-state index contributed by atoms with van der Waals surface area (Å²) in [6.45, 7) is 3.38. The molecule has 1 amide bonds. The van der Waals surface area contributed by atoms with Gasteiger partial charge in [-0.05, 0) is 25.6 Å². The number of hydrogen-bond acceptors (Lipinski definition) is 3. The normalized spacial score (nSPS) is 10.0. The molecule has 0 fully saturated rings. The number of hydrogen-bond donors (Lipinski definition) is 2. The maximum absolute atomic E-state index is 11.6. The molecule has 17 heavy (non-hydrogen) atoms. The third kappa shape index (κ3) is 4.87. The number of anilines is 1. The minimum atomic E-state index is -0.00750. The molecule has 0 spiro atoms. The van der Waals surface area contributed by atoms with Gasteiger partial charge in [0.1, 0.15) is 5.75 Å². The van der Waals surface area contributed by atoms with Gasteiger partial charge < -0.3 is 15.4 Å². The van der Waals surface area contributed by atoms with Gasteiger partial charge in [-0.15, -0.1) is 0 Å². The van der Waals surface area contributed by atoms with Crippen molar-refractivity contribution < 1.29 is 9.53 Å². The Kier molecular flexibility index (Phi) is 6.10. The van der Waals surface area contributed by atoms with Crippen LogP contribution in [-0.2, 0) is 4.79 Å². The summed E-state index contributed by atoms with van der Waals surface area (Å²) in [5.74, 6) is 0.721. The topological polar surface area (TPSA) is 50.4 Å². The maximum Gasteiger partial charge on any atom is 0.225 e. The second-order valence-electron chi connectivity index (χ2n) is 3.75. The van der Waals surface area contributed by atoms with E-state index < -0.39 is 0 Å². The Morgan fingerprint density at radius 2 is 2.12 bits per heavy atom. The van der Waals surface area contributed by atoms with E-state index in [2.05, 4.69) is 10.6 Å². The van der Waals surface area contributed by atoms with E-state index in [4.69, 9.17) is 4.74 Å². The van der Waals surface area contributed by atoms with E-state index in [1.165, 1.54) is 0 Å². The van der Waals surface area contributed by atoms with Gasteiger partial charge in [-0.3, -0.25) is 4.79 Å². The monoisotopic (exact) mass is 236 g/mol. The smallest absolute Gasteiger partial charge is 0.225 e. The second-order valence-corrected chi connectivity index (χ2v) is 3.75. The van der Waals surface area contributed by atoms with Gasteiger partial charge in [0.15, 0.2) is 0 Å². The van der Waals surface area contributed by atoms with Crippen LogP contribution in [0.2, 0.25) is 0 Å². The van der Waals surface area contributed by atoms with Crippen molar-refractivity contribution in [3.8, 4) is 5.75 Å². The molecule has 1 rings (SSSR count). The van der Waals surface area contributed by atoms with Crippen LogP contribution in [0.5, 0.6) is 5.75 Å². The number of ether oxygens (including phenoxy) is 1. The average Bonchev–Trinajstić information content (AvgIpc) is 2.35. The highest BCUT2D eigenvalue weighted by Gasteiger charge is 2.06. The fraction of sp³-hybridized carbons (Fsp3) is 0.462. The van der Waals surface area contributed by atoms with Gasteiger partial charge in [-0.1, -0.05) is 19.1 Å². The van der Waals surface area contributed by atoms with Gasteiger partial charge in [-0.25, -0.2) is 0 Å². The molecule has 0 unspecified atom stereocenters. The third-order valence-corrected chi connectivity index (χ3v) is 2.22. The first-order chi connectivity index (χ1) is 8.27. The maximum atomic E-state index is 11.6. The number of benzene rings is 1. The predicted octanol–water partition coefficient (Wildman–Crippen LogP) is 2.02. The van der Waals surface area contributed by atoms with Gasteiger partial charge in [0, 0.05) is 13.0 Å². The summed E-state index contributed by atoms with van der Waals surface area (Å²) in [4.78, 5) is 11.6. The molecule has 0 heterocycles. The molecule has 1 aromatic carbocycles. The van der Waals surface area contributed by atoms with E-state index in [9.17, 15) is 4.79 Å². The molecule has 0 atom stereocenters. The van der Waals surface area contributed by atoms with Gasteiger partial charge in [0.05, 0.1) is 12.3 Å². The van der Waals surface area contributed by atoms with Crippen LogP contribution in [0.15, 0.2) is 24.3 Å². The van der Waals surface area contributed by atoms with Crippen molar-refractivity contribution in [1.29, 1.82) is 0 Å². The molecule has 0 aliphatic rings. The molecule has 0 radical (unpaired) electrons. The van der Waals surface area contributed by atoms with E-state index in [1.807, 2.05) is 38.2 Å². The molecule has 0 saturated carbocycles. The highest BCUT2D eigenvalue weighted by Crippen LogP contribution is 2.23. The molecule has 0 aromatic heterocycles. The Labute approximate surface area is 102 Å². The Balaban J connectivity index is 2.59. The molecule has 0 aliphatic heterocycles. The summed E-state index contributed by atoms with van der Waals surface area (Å²) < 4.78 is 5.56. The van der Waals surface area contributed by atoms with Crippen molar-refractivity contribution in [2.75, 3.05) is 25.5 Å². The highest BCUT2D eigenvalue weighted by atomic mass is 16.5. The average molecular weight is 236 g/mol. The molecule has 2 N–H and O–H groups in total. The van der Waals surface area contributed by atoms with Crippen molar-refractivity contribution in [1.82, 2.24) is 5.32 Å².